The van der Waals surface area contributed by atoms with Crippen molar-refractivity contribution in [2.75, 3.05) is 0 Å². The molecule has 0 heteroatoms. The fraction of sp³-hybridized carbons (Fsp3) is 0.429. The first-order valence-electron chi connectivity index (χ1n) is 5.47. The summed E-state index contributed by atoms with van der Waals surface area (Å²) in [6, 6.07) is 6.82. The van der Waals surface area contributed by atoms with Gasteiger partial charge in [0.25, 0.3) is 0 Å². The van der Waals surface area contributed by atoms with Crippen LogP contribution in [0.25, 0.3) is 0 Å². The predicted octanol–water partition coefficient (Wildman–Crippen LogP) is 4.10. The summed E-state index contributed by atoms with van der Waals surface area (Å²) in [5.74, 6) is 0.469. The lowest BCUT2D eigenvalue weighted by Crippen LogP contribution is -1.97. The Morgan fingerprint density at radius 1 is 1.29 bits per heavy atom. The monoisotopic (exact) mass is 188 g/mol. The Morgan fingerprint density at radius 3 is 2.50 bits per heavy atom. The fourth-order valence-corrected chi connectivity index (χ4v) is 1.74. The quantitative estimate of drug-likeness (QED) is 0.624. The van der Waals surface area contributed by atoms with Gasteiger partial charge in [-0.1, -0.05) is 45.0 Å². The Labute approximate surface area is 87.7 Å². The molecule has 1 aromatic rings. The lowest BCUT2D eigenvalue weighted by atomic mass is 9.92. The lowest BCUT2D eigenvalue weighted by molar-refractivity contribution is 0.922. The van der Waals surface area contributed by atoms with Crippen LogP contribution in [0, 0.1) is 0 Å². The molecule has 0 aliphatic carbocycles. The molecule has 0 nitrogen and oxygen atoms in total. The van der Waals surface area contributed by atoms with E-state index in [1.165, 1.54) is 16.7 Å². The molecule has 0 saturated heterocycles. The summed E-state index contributed by atoms with van der Waals surface area (Å²) in [5.41, 5.74) is 4.32. The van der Waals surface area contributed by atoms with Gasteiger partial charge >= 0.3 is 0 Å². The molecule has 76 valence electrons. The number of rotatable bonds is 4. The van der Waals surface area contributed by atoms with Gasteiger partial charge in [0.1, 0.15) is 0 Å². The van der Waals surface area contributed by atoms with Crippen LogP contribution in [0.3, 0.4) is 0 Å². The number of hydrogen-bond donors (Lipinski definition) is 0. The molecule has 0 aliphatic rings. The smallest absolute Gasteiger partial charge is 0.00103 e. The molecule has 0 aromatic heterocycles. The number of allylic oxidation sites excluding steroid dienone is 1. The summed E-state index contributed by atoms with van der Waals surface area (Å²) < 4.78 is 0. The van der Waals surface area contributed by atoms with Gasteiger partial charge in [-0.3, -0.25) is 0 Å². The molecule has 1 aromatic carbocycles. The summed E-state index contributed by atoms with van der Waals surface area (Å²) in [6.45, 7) is 10.5. The Bertz CT molecular complexity index is 310. The van der Waals surface area contributed by atoms with E-state index in [1.807, 2.05) is 6.08 Å². The lowest BCUT2D eigenvalue weighted by Gasteiger charge is -2.13. The van der Waals surface area contributed by atoms with Crippen LogP contribution in [0.15, 0.2) is 30.9 Å². The van der Waals surface area contributed by atoms with Gasteiger partial charge in [0, 0.05) is 0 Å². The molecule has 1 atom stereocenters. The average Bonchev–Trinajstić information content (AvgIpc) is 2.27. The van der Waals surface area contributed by atoms with E-state index in [1.54, 1.807) is 0 Å². The van der Waals surface area contributed by atoms with Gasteiger partial charge < -0.3 is 0 Å². The number of aryl methyl sites for hydroxylation is 2. The molecule has 0 spiro atoms. The Balaban J connectivity index is 3.14. The van der Waals surface area contributed by atoms with Crippen molar-refractivity contribution in [3.8, 4) is 0 Å². The molecule has 0 aliphatic heterocycles. The number of hydrogen-bond acceptors (Lipinski definition) is 0. The zero-order valence-electron chi connectivity index (χ0n) is 9.51. The van der Waals surface area contributed by atoms with E-state index in [4.69, 9.17) is 0 Å². The molecule has 0 heterocycles. The van der Waals surface area contributed by atoms with E-state index in [0.29, 0.717) is 5.92 Å². The highest BCUT2D eigenvalue weighted by Crippen LogP contribution is 2.23. The van der Waals surface area contributed by atoms with Gasteiger partial charge in [0.2, 0.25) is 0 Å². The third kappa shape index (κ3) is 2.25. The van der Waals surface area contributed by atoms with Crippen molar-refractivity contribution < 1.29 is 0 Å². The summed E-state index contributed by atoms with van der Waals surface area (Å²) in [6.07, 6.45) is 4.24. The third-order valence-electron chi connectivity index (χ3n) is 2.84. The standard InChI is InChI=1S/C14H20/c1-5-11(4)14-10-12(6-2)8-9-13(14)7-3/h5,8-11H,1,6-7H2,2-4H3. The summed E-state index contributed by atoms with van der Waals surface area (Å²) in [7, 11) is 0. The maximum Gasteiger partial charge on any atom is -0.00103 e. The highest BCUT2D eigenvalue weighted by atomic mass is 14.1. The third-order valence-corrected chi connectivity index (χ3v) is 2.84. The summed E-state index contributed by atoms with van der Waals surface area (Å²) in [4.78, 5) is 0. The van der Waals surface area contributed by atoms with Crippen LogP contribution in [0.4, 0.5) is 0 Å². The molecule has 1 unspecified atom stereocenters. The highest BCUT2D eigenvalue weighted by Gasteiger charge is 2.06. The van der Waals surface area contributed by atoms with Crippen LogP contribution in [0.1, 0.15) is 43.4 Å². The second-order valence-electron chi connectivity index (χ2n) is 3.76. The van der Waals surface area contributed by atoms with Crippen LogP contribution in [-0.2, 0) is 12.8 Å². The van der Waals surface area contributed by atoms with Gasteiger partial charge in [-0.05, 0) is 35.4 Å². The first-order chi connectivity index (χ1) is 6.72. The second-order valence-corrected chi connectivity index (χ2v) is 3.76. The topological polar surface area (TPSA) is 0 Å². The second kappa shape index (κ2) is 4.99. The van der Waals surface area contributed by atoms with Crippen molar-refractivity contribution in [2.45, 2.75) is 39.5 Å². The SMILES string of the molecule is C=CC(C)c1cc(CC)ccc1CC. The van der Waals surface area contributed by atoms with Crippen LogP contribution in [0.5, 0.6) is 0 Å². The van der Waals surface area contributed by atoms with Crippen LogP contribution in [-0.4, -0.2) is 0 Å². The van der Waals surface area contributed by atoms with Gasteiger partial charge in [-0.15, -0.1) is 6.58 Å². The van der Waals surface area contributed by atoms with Gasteiger partial charge in [0.15, 0.2) is 0 Å². The highest BCUT2D eigenvalue weighted by molar-refractivity contribution is 5.36. The van der Waals surface area contributed by atoms with Crippen LogP contribution < -0.4 is 0 Å². The van der Waals surface area contributed by atoms with Gasteiger partial charge in [0.05, 0.1) is 0 Å². The van der Waals surface area contributed by atoms with Crippen molar-refractivity contribution in [3.05, 3.63) is 47.5 Å². The first kappa shape index (κ1) is 11.0. The van der Waals surface area contributed by atoms with Gasteiger partial charge in [-0.25, -0.2) is 0 Å². The van der Waals surface area contributed by atoms with Crippen molar-refractivity contribution in [1.82, 2.24) is 0 Å². The molecule has 14 heavy (non-hydrogen) atoms. The molecule has 0 radical (unpaired) electrons. The molecule has 0 amide bonds. The van der Waals surface area contributed by atoms with E-state index < -0.39 is 0 Å². The number of benzene rings is 1. The summed E-state index contributed by atoms with van der Waals surface area (Å²) >= 11 is 0. The van der Waals surface area contributed by atoms with E-state index in [-0.39, 0.29) is 0 Å². The Kier molecular flexibility index (Phi) is 3.94. The zero-order valence-corrected chi connectivity index (χ0v) is 9.51. The minimum atomic E-state index is 0.469. The molecular formula is C14H20. The predicted molar refractivity (Wildman–Crippen MR) is 63.8 cm³/mol. The minimum Gasteiger partial charge on any atom is -0.102 e. The fourth-order valence-electron chi connectivity index (χ4n) is 1.74. The van der Waals surface area contributed by atoms with Crippen molar-refractivity contribution >= 4 is 0 Å². The van der Waals surface area contributed by atoms with Crippen LogP contribution >= 0.6 is 0 Å². The molecule has 0 N–H and O–H groups in total. The van der Waals surface area contributed by atoms with Crippen molar-refractivity contribution in [1.29, 1.82) is 0 Å². The maximum absolute atomic E-state index is 3.87. The van der Waals surface area contributed by atoms with E-state index >= 15 is 0 Å². The Morgan fingerprint density at radius 2 is 2.00 bits per heavy atom. The maximum atomic E-state index is 3.87. The van der Waals surface area contributed by atoms with Crippen molar-refractivity contribution in [2.24, 2.45) is 0 Å². The van der Waals surface area contributed by atoms with Gasteiger partial charge in [-0.2, -0.15) is 0 Å². The average molecular weight is 188 g/mol. The first-order valence-corrected chi connectivity index (χ1v) is 5.47. The van der Waals surface area contributed by atoms with Crippen molar-refractivity contribution in [3.63, 3.8) is 0 Å². The van der Waals surface area contributed by atoms with Crippen LogP contribution in [0.2, 0.25) is 0 Å². The molecule has 0 fully saturated rings. The Hall–Kier alpha value is -1.04. The molecule has 1 rings (SSSR count). The van der Waals surface area contributed by atoms with E-state index in [0.717, 1.165) is 12.8 Å². The largest absolute Gasteiger partial charge is 0.102 e. The summed E-state index contributed by atoms with van der Waals surface area (Å²) in [5, 5.41) is 0. The minimum absolute atomic E-state index is 0.469. The van der Waals surface area contributed by atoms with E-state index in [9.17, 15) is 0 Å². The zero-order chi connectivity index (χ0) is 10.6. The molecular weight excluding hydrogens is 168 g/mol. The molecule has 0 saturated carbocycles. The molecule has 0 bridgehead atoms. The van der Waals surface area contributed by atoms with E-state index in [2.05, 4.69) is 45.5 Å². The normalized spacial score (nSPS) is 12.5.